The Labute approximate surface area is 140 Å². The Bertz CT molecular complexity index is 560. The van der Waals surface area contributed by atoms with E-state index in [2.05, 4.69) is 16.0 Å². The van der Waals surface area contributed by atoms with E-state index in [-0.39, 0.29) is 31.0 Å². The van der Waals surface area contributed by atoms with Gasteiger partial charge in [-0.3, -0.25) is 4.79 Å². The number of hydrogen-bond donors (Lipinski definition) is 3. The van der Waals surface area contributed by atoms with Crippen molar-refractivity contribution in [2.45, 2.75) is 32.3 Å². The summed E-state index contributed by atoms with van der Waals surface area (Å²) in [7, 11) is 0. The minimum atomic E-state index is -0.285. The predicted molar refractivity (Wildman–Crippen MR) is 89.8 cm³/mol. The lowest BCUT2D eigenvalue weighted by Gasteiger charge is -2.12. The monoisotopic (exact) mass is 339 g/mol. The maximum absolute atomic E-state index is 11.9. The zero-order valence-corrected chi connectivity index (χ0v) is 13.9. The first-order valence-corrected chi connectivity index (χ1v) is 8.12. The van der Waals surface area contributed by atoms with Gasteiger partial charge < -0.3 is 20.7 Å². The number of carbonyl (C=O) groups is 2. The molecule has 0 aliphatic carbocycles. The lowest BCUT2D eigenvalue weighted by atomic mass is 10.2. The molecule has 1 saturated heterocycles. The van der Waals surface area contributed by atoms with E-state index in [0.29, 0.717) is 17.3 Å². The normalized spacial score (nSPS) is 16.9. The first-order chi connectivity index (χ1) is 11.1. The molecule has 1 atom stereocenters. The zero-order chi connectivity index (χ0) is 16.7. The smallest absolute Gasteiger partial charge is 0.314 e. The molecule has 7 heteroatoms. The Morgan fingerprint density at radius 2 is 2.17 bits per heavy atom. The van der Waals surface area contributed by atoms with Gasteiger partial charge in [-0.15, -0.1) is 0 Å². The van der Waals surface area contributed by atoms with Gasteiger partial charge in [-0.05, 0) is 37.5 Å². The maximum atomic E-state index is 11.9. The van der Waals surface area contributed by atoms with E-state index in [1.165, 1.54) is 0 Å². The standard InChI is InChI=1S/C16H22ClN3O3/c1-11-13(17)5-2-6-14(11)20-15(21)7-8-18-16(22)19-10-12-4-3-9-23-12/h2,5-6,12H,3-4,7-10H2,1H3,(H,20,21)(H2,18,19,22)/t12-/m0/s1. The SMILES string of the molecule is Cc1c(Cl)cccc1NC(=O)CCNC(=O)NC[C@@H]1CCCO1. The number of amides is 3. The molecule has 23 heavy (non-hydrogen) atoms. The summed E-state index contributed by atoms with van der Waals surface area (Å²) in [6.45, 7) is 3.37. The summed E-state index contributed by atoms with van der Waals surface area (Å²) in [5, 5.41) is 8.79. The molecule has 1 aliphatic heterocycles. The summed E-state index contributed by atoms with van der Waals surface area (Å²) in [5.41, 5.74) is 1.51. The Morgan fingerprint density at radius 3 is 2.91 bits per heavy atom. The molecule has 0 aromatic heterocycles. The van der Waals surface area contributed by atoms with E-state index in [9.17, 15) is 9.59 Å². The Hall–Kier alpha value is -1.79. The lowest BCUT2D eigenvalue weighted by molar-refractivity contribution is -0.116. The Kier molecular flexibility index (Phi) is 6.67. The van der Waals surface area contributed by atoms with Crippen molar-refractivity contribution >= 4 is 29.2 Å². The fourth-order valence-electron chi connectivity index (χ4n) is 2.32. The second-order valence-corrected chi connectivity index (χ2v) is 5.89. The van der Waals surface area contributed by atoms with Crippen molar-refractivity contribution in [3.63, 3.8) is 0 Å². The van der Waals surface area contributed by atoms with Gasteiger partial charge >= 0.3 is 6.03 Å². The summed E-state index contributed by atoms with van der Waals surface area (Å²) >= 11 is 6.00. The van der Waals surface area contributed by atoms with E-state index >= 15 is 0 Å². The van der Waals surface area contributed by atoms with Crippen molar-refractivity contribution in [2.75, 3.05) is 25.0 Å². The van der Waals surface area contributed by atoms with Crippen LogP contribution in [0.2, 0.25) is 5.02 Å². The molecule has 1 heterocycles. The van der Waals surface area contributed by atoms with E-state index in [1.807, 2.05) is 6.92 Å². The van der Waals surface area contributed by atoms with E-state index in [1.54, 1.807) is 18.2 Å². The molecule has 126 valence electrons. The maximum Gasteiger partial charge on any atom is 0.314 e. The van der Waals surface area contributed by atoms with Gasteiger partial charge in [-0.2, -0.15) is 0 Å². The lowest BCUT2D eigenvalue weighted by Crippen LogP contribution is -2.40. The van der Waals surface area contributed by atoms with Crippen LogP contribution in [-0.4, -0.2) is 37.7 Å². The molecule has 1 aliphatic rings. The van der Waals surface area contributed by atoms with Crippen LogP contribution in [0.25, 0.3) is 0 Å². The van der Waals surface area contributed by atoms with Crippen LogP contribution in [0, 0.1) is 6.92 Å². The second-order valence-electron chi connectivity index (χ2n) is 5.48. The molecule has 0 bridgehead atoms. The molecular weight excluding hydrogens is 318 g/mol. The summed E-state index contributed by atoms with van der Waals surface area (Å²) in [6, 6.07) is 5.06. The topological polar surface area (TPSA) is 79.5 Å². The third kappa shape index (κ3) is 5.73. The summed E-state index contributed by atoms with van der Waals surface area (Å²) in [5.74, 6) is -0.171. The molecule has 0 saturated carbocycles. The molecule has 3 amide bonds. The van der Waals surface area contributed by atoms with E-state index in [0.717, 1.165) is 25.0 Å². The van der Waals surface area contributed by atoms with Crippen molar-refractivity contribution in [3.8, 4) is 0 Å². The van der Waals surface area contributed by atoms with Gasteiger partial charge in [0.05, 0.1) is 6.10 Å². The largest absolute Gasteiger partial charge is 0.376 e. The molecule has 6 nitrogen and oxygen atoms in total. The van der Waals surface area contributed by atoms with E-state index in [4.69, 9.17) is 16.3 Å². The third-order valence-electron chi connectivity index (χ3n) is 3.69. The molecule has 1 aromatic rings. The third-order valence-corrected chi connectivity index (χ3v) is 4.10. The van der Waals surface area contributed by atoms with Crippen LogP contribution in [0.5, 0.6) is 0 Å². The van der Waals surface area contributed by atoms with Crippen molar-refractivity contribution in [3.05, 3.63) is 28.8 Å². The molecule has 0 spiro atoms. The number of carbonyl (C=O) groups excluding carboxylic acids is 2. The zero-order valence-electron chi connectivity index (χ0n) is 13.2. The van der Waals surface area contributed by atoms with E-state index < -0.39 is 0 Å². The van der Waals surface area contributed by atoms with Gasteiger partial charge in [0.25, 0.3) is 0 Å². The van der Waals surface area contributed by atoms with Crippen LogP contribution in [-0.2, 0) is 9.53 Å². The van der Waals surface area contributed by atoms with Crippen LogP contribution in [0.15, 0.2) is 18.2 Å². The van der Waals surface area contributed by atoms with Crippen LogP contribution >= 0.6 is 11.6 Å². The number of urea groups is 1. The Balaban J connectivity index is 1.64. The molecule has 1 fully saturated rings. The number of nitrogens with one attached hydrogen (secondary N) is 3. The highest BCUT2D eigenvalue weighted by Gasteiger charge is 2.16. The molecular formula is C16H22ClN3O3. The highest BCUT2D eigenvalue weighted by molar-refractivity contribution is 6.31. The summed E-state index contributed by atoms with van der Waals surface area (Å²) < 4.78 is 5.42. The quantitative estimate of drug-likeness (QED) is 0.744. The summed E-state index contributed by atoms with van der Waals surface area (Å²) in [4.78, 5) is 23.5. The minimum absolute atomic E-state index is 0.106. The number of rotatable bonds is 6. The van der Waals surface area contributed by atoms with Gasteiger partial charge in [0, 0.05) is 36.8 Å². The molecule has 0 unspecified atom stereocenters. The first kappa shape index (κ1) is 17.6. The van der Waals surface area contributed by atoms with Crippen molar-refractivity contribution < 1.29 is 14.3 Å². The molecule has 3 N–H and O–H groups in total. The average Bonchev–Trinajstić information content (AvgIpc) is 3.03. The van der Waals surface area contributed by atoms with Crippen molar-refractivity contribution in [1.29, 1.82) is 0 Å². The molecule has 1 aromatic carbocycles. The van der Waals surface area contributed by atoms with Crippen LogP contribution < -0.4 is 16.0 Å². The number of anilines is 1. The number of halogens is 1. The van der Waals surface area contributed by atoms with Crippen LogP contribution in [0.1, 0.15) is 24.8 Å². The second kappa shape index (κ2) is 8.74. The average molecular weight is 340 g/mol. The fraction of sp³-hybridized carbons (Fsp3) is 0.500. The van der Waals surface area contributed by atoms with Gasteiger partial charge in [-0.1, -0.05) is 17.7 Å². The van der Waals surface area contributed by atoms with Gasteiger partial charge in [0.2, 0.25) is 5.91 Å². The highest BCUT2D eigenvalue weighted by atomic mass is 35.5. The van der Waals surface area contributed by atoms with Crippen LogP contribution in [0.3, 0.4) is 0 Å². The van der Waals surface area contributed by atoms with Crippen molar-refractivity contribution in [1.82, 2.24) is 10.6 Å². The fourth-order valence-corrected chi connectivity index (χ4v) is 2.49. The van der Waals surface area contributed by atoms with Gasteiger partial charge in [0.1, 0.15) is 0 Å². The predicted octanol–water partition coefficient (Wildman–Crippen LogP) is 2.46. The minimum Gasteiger partial charge on any atom is -0.376 e. The van der Waals surface area contributed by atoms with Crippen LogP contribution in [0.4, 0.5) is 10.5 Å². The van der Waals surface area contributed by atoms with Crippen molar-refractivity contribution in [2.24, 2.45) is 0 Å². The number of ether oxygens (including phenoxy) is 1. The van der Waals surface area contributed by atoms with Gasteiger partial charge in [-0.25, -0.2) is 4.79 Å². The summed E-state index contributed by atoms with van der Waals surface area (Å²) in [6.07, 6.45) is 2.31. The van der Waals surface area contributed by atoms with Gasteiger partial charge in [0.15, 0.2) is 0 Å². The Morgan fingerprint density at radius 1 is 1.35 bits per heavy atom. The highest BCUT2D eigenvalue weighted by Crippen LogP contribution is 2.22. The number of hydrogen-bond acceptors (Lipinski definition) is 3. The number of benzene rings is 1. The first-order valence-electron chi connectivity index (χ1n) is 7.74. The molecule has 2 rings (SSSR count). The molecule has 0 radical (unpaired) electrons.